The molecular weight excluding hydrogens is 440 g/mol. The zero-order valence-corrected chi connectivity index (χ0v) is 20.4. The Hall–Kier alpha value is -4.00. The number of carbonyl (C=O) groups is 2. The van der Waals surface area contributed by atoms with Gasteiger partial charge in [-0.3, -0.25) is 4.79 Å². The molecule has 2 N–H and O–H groups in total. The number of benzene rings is 3. The van der Waals surface area contributed by atoms with Crippen molar-refractivity contribution in [2.24, 2.45) is 5.92 Å². The number of rotatable bonds is 6. The van der Waals surface area contributed by atoms with Crippen LogP contribution in [0.15, 0.2) is 78.9 Å². The fourth-order valence-corrected chi connectivity index (χ4v) is 4.41. The van der Waals surface area contributed by atoms with Crippen molar-refractivity contribution in [1.82, 2.24) is 4.90 Å². The molecule has 0 saturated carbocycles. The molecule has 3 amide bonds. The molecule has 1 fully saturated rings. The van der Waals surface area contributed by atoms with Crippen LogP contribution in [0.2, 0.25) is 0 Å². The molecule has 1 aliphatic rings. The van der Waals surface area contributed by atoms with E-state index in [9.17, 15) is 9.59 Å². The van der Waals surface area contributed by atoms with E-state index in [1.54, 1.807) is 18.1 Å². The first kappa shape index (κ1) is 24.1. The number of nitrogens with one attached hydrogen (secondary N) is 2. The molecule has 7 heteroatoms. The molecule has 2 unspecified atom stereocenters. The Morgan fingerprint density at radius 3 is 2.31 bits per heavy atom. The highest BCUT2D eigenvalue weighted by Gasteiger charge is 2.34. The maximum absolute atomic E-state index is 13.3. The Balaban J connectivity index is 1.50. The van der Waals surface area contributed by atoms with Crippen LogP contribution in [-0.2, 0) is 4.79 Å². The Morgan fingerprint density at radius 2 is 1.63 bits per heavy atom. The molecule has 0 radical (unpaired) electrons. The molecule has 0 spiro atoms. The molecule has 0 aromatic heterocycles. The quantitative estimate of drug-likeness (QED) is 0.527. The smallest absolute Gasteiger partial charge is 0.321 e. The first-order valence-electron chi connectivity index (χ1n) is 11.8. The van der Waals surface area contributed by atoms with Crippen molar-refractivity contribution in [2.45, 2.75) is 12.3 Å². The van der Waals surface area contributed by atoms with Crippen LogP contribution in [0.25, 0.3) is 0 Å². The molecule has 1 saturated heterocycles. The van der Waals surface area contributed by atoms with E-state index < -0.39 is 0 Å². The number of hydrogen-bond acceptors (Lipinski definition) is 4. The SMILES string of the molecule is COc1cccc(NC(=O)N2CC(C(=O)Nc3ccc(N(C)C)cc3)CC(c3ccccc3)C2)c1. The Labute approximate surface area is 206 Å². The molecule has 7 nitrogen and oxygen atoms in total. The first-order chi connectivity index (χ1) is 16.9. The topological polar surface area (TPSA) is 73.9 Å². The molecule has 3 aromatic carbocycles. The summed E-state index contributed by atoms with van der Waals surface area (Å²) in [5.74, 6) is 0.315. The van der Waals surface area contributed by atoms with Gasteiger partial charge in [0.15, 0.2) is 0 Å². The van der Waals surface area contributed by atoms with Crippen LogP contribution in [0, 0.1) is 5.92 Å². The highest BCUT2D eigenvalue weighted by atomic mass is 16.5. The molecule has 1 heterocycles. The highest BCUT2D eigenvalue weighted by Crippen LogP contribution is 2.32. The second-order valence-electron chi connectivity index (χ2n) is 9.04. The number of nitrogens with zero attached hydrogens (tertiary/aromatic N) is 2. The van der Waals surface area contributed by atoms with E-state index in [2.05, 4.69) is 22.8 Å². The Morgan fingerprint density at radius 1 is 0.886 bits per heavy atom. The summed E-state index contributed by atoms with van der Waals surface area (Å²) in [4.78, 5) is 30.2. The van der Waals surface area contributed by atoms with Crippen LogP contribution >= 0.6 is 0 Å². The molecule has 4 rings (SSSR count). The fraction of sp³-hybridized carbons (Fsp3) is 0.286. The van der Waals surface area contributed by atoms with Gasteiger partial charge >= 0.3 is 6.03 Å². The number of amides is 3. The number of ether oxygens (including phenoxy) is 1. The highest BCUT2D eigenvalue weighted by molar-refractivity contribution is 5.94. The third-order valence-corrected chi connectivity index (χ3v) is 6.35. The largest absolute Gasteiger partial charge is 0.497 e. The van der Waals surface area contributed by atoms with Gasteiger partial charge in [-0.05, 0) is 48.4 Å². The van der Waals surface area contributed by atoms with Gasteiger partial charge in [0.05, 0.1) is 13.0 Å². The van der Waals surface area contributed by atoms with Crippen LogP contribution in [0.5, 0.6) is 5.75 Å². The van der Waals surface area contributed by atoms with Crippen molar-refractivity contribution >= 4 is 29.0 Å². The summed E-state index contributed by atoms with van der Waals surface area (Å²) in [6, 6.07) is 24.8. The van der Waals surface area contributed by atoms with Crippen molar-refractivity contribution in [3.63, 3.8) is 0 Å². The number of carbonyl (C=O) groups excluding carboxylic acids is 2. The van der Waals surface area contributed by atoms with Crippen molar-refractivity contribution in [2.75, 3.05) is 49.8 Å². The molecule has 3 aromatic rings. The van der Waals surface area contributed by atoms with E-state index in [-0.39, 0.29) is 23.8 Å². The normalized spacial score (nSPS) is 17.4. The maximum atomic E-state index is 13.3. The molecule has 35 heavy (non-hydrogen) atoms. The van der Waals surface area contributed by atoms with Gasteiger partial charge in [-0.15, -0.1) is 0 Å². The molecule has 0 aliphatic carbocycles. The molecular formula is C28H32N4O3. The van der Waals surface area contributed by atoms with Crippen molar-refractivity contribution in [1.29, 1.82) is 0 Å². The third kappa shape index (κ3) is 6.12. The van der Waals surface area contributed by atoms with E-state index in [0.29, 0.717) is 30.9 Å². The Kier molecular flexibility index (Phi) is 7.55. The number of likely N-dealkylation sites (tertiary alicyclic amines) is 1. The van der Waals surface area contributed by atoms with Gasteiger partial charge in [0.2, 0.25) is 5.91 Å². The monoisotopic (exact) mass is 472 g/mol. The van der Waals surface area contributed by atoms with Crippen LogP contribution in [0.3, 0.4) is 0 Å². The van der Waals surface area contributed by atoms with E-state index in [1.165, 1.54) is 0 Å². The van der Waals surface area contributed by atoms with E-state index >= 15 is 0 Å². The minimum absolute atomic E-state index is 0.0628. The number of hydrogen-bond donors (Lipinski definition) is 2. The summed E-state index contributed by atoms with van der Waals surface area (Å²) in [6.07, 6.45) is 0.675. The van der Waals surface area contributed by atoms with Gasteiger partial charge in [0, 0.05) is 56.2 Å². The summed E-state index contributed by atoms with van der Waals surface area (Å²) in [5.41, 5.74) is 3.58. The lowest BCUT2D eigenvalue weighted by atomic mass is 9.84. The van der Waals surface area contributed by atoms with Crippen molar-refractivity contribution < 1.29 is 14.3 Å². The number of methoxy groups -OCH3 is 1. The van der Waals surface area contributed by atoms with Crippen LogP contribution in [0.4, 0.5) is 21.9 Å². The summed E-state index contributed by atoms with van der Waals surface area (Å²) < 4.78 is 5.26. The van der Waals surface area contributed by atoms with Crippen LogP contribution in [0.1, 0.15) is 17.9 Å². The summed E-state index contributed by atoms with van der Waals surface area (Å²) in [7, 11) is 5.54. The van der Waals surface area contributed by atoms with Crippen LogP contribution < -0.4 is 20.3 Å². The van der Waals surface area contributed by atoms with Gasteiger partial charge in [-0.1, -0.05) is 36.4 Å². The number of piperidine rings is 1. The summed E-state index contributed by atoms with van der Waals surface area (Å²) in [5, 5.41) is 6.00. The van der Waals surface area contributed by atoms with Gasteiger partial charge in [-0.2, -0.15) is 0 Å². The molecule has 2 atom stereocenters. The number of anilines is 3. The summed E-state index contributed by atoms with van der Waals surface area (Å²) >= 11 is 0. The van der Waals surface area contributed by atoms with E-state index in [1.807, 2.05) is 79.7 Å². The standard InChI is InChI=1S/C28H32N4O3/c1-31(2)25-14-12-23(13-15-25)29-27(33)22-16-21(20-8-5-4-6-9-20)18-32(19-22)28(34)30-24-10-7-11-26(17-24)35-3/h4-15,17,21-22H,16,18-19H2,1-3H3,(H,29,33)(H,30,34). The van der Waals surface area contributed by atoms with Crippen molar-refractivity contribution in [3.8, 4) is 5.75 Å². The van der Waals surface area contributed by atoms with Gasteiger partial charge in [0.1, 0.15) is 5.75 Å². The zero-order valence-electron chi connectivity index (χ0n) is 20.4. The average Bonchev–Trinajstić information content (AvgIpc) is 2.89. The van der Waals surface area contributed by atoms with Gasteiger partial charge < -0.3 is 25.2 Å². The maximum Gasteiger partial charge on any atom is 0.321 e. The lowest BCUT2D eigenvalue weighted by Gasteiger charge is -2.37. The fourth-order valence-electron chi connectivity index (χ4n) is 4.41. The minimum Gasteiger partial charge on any atom is -0.497 e. The van der Waals surface area contributed by atoms with Crippen molar-refractivity contribution in [3.05, 3.63) is 84.4 Å². The zero-order chi connectivity index (χ0) is 24.8. The first-order valence-corrected chi connectivity index (χ1v) is 11.8. The summed E-state index contributed by atoms with van der Waals surface area (Å²) in [6.45, 7) is 0.891. The minimum atomic E-state index is -0.335. The van der Waals surface area contributed by atoms with E-state index in [0.717, 1.165) is 16.9 Å². The second kappa shape index (κ2) is 11.0. The van der Waals surface area contributed by atoms with Gasteiger partial charge in [0.25, 0.3) is 0 Å². The molecule has 0 bridgehead atoms. The van der Waals surface area contributed by atoms with E-state index in [4.69, 9.17) is 4.74 Å². The Bertz CT molecular complexity index is 1150. The lowest BCUT2D eigenvalue weighted by Crippen LogP contribution is -2.48. The molecule has 182 valence electrons. The lowest BCUT2D eigenvalue weighted by molar-refractivity contribution is -0.121. The van der Waals surface area contributed by atoms with Gasteiger partial charge in [-0.25, -0.2) is 4.79 Å². The number of urea groups is 1. The molecule has 1 aliphatic heterocycles. The predicted octanol–water partition coefficient (Wildman–Crippen LogP) is 5.04. The third-order valence-electron chi connectivity index (χ3n) is 6.35. The predicted molar refractivity (Wildman–Crippen MR) is 140 cm³/mol. The van der Waals surface area contributed by atoms with Crippen LogP contribution in [-0.4, -0.2) is 51.1 Å². The average molecular weight is 473 g/mol. The second-order valence-corrected chi connectivity index (χ2v) is 9.04.